The number of ether oxygens (including phenoxy) is 2. The molecule has 3 aliphatic heterocycles. The summed E-state index contributed by atoms with van der Waals surface area (Å²) in [7, 11) is 1.29. The number of benzene rings is 2. The summed E-state index contributed by atoms with van der Waals surface area (Å²) in [5.74, 6) is 1.55. The second kappa shape index (κ2) is 20.6. The number of pyridine rings is 1. The zero-order chi connectivity index (χ0) is 49.1. The average molecular weight is 952 g/mol. The Morgan fingerprint density at radius 1 is 0.643 bits per heavy atom. The number of carbonyl (C=O) groups is 4. The third-order valence-corrected chi connectivity index (χ3v) is 13.7. The van der Waals surface area contributed by atoms with Gasteiger partial charge in [0, 0.05) is 26.2 Å². The highest BCUT2D eigenvalue weighted by Gasteiger charge is 2.39. The van der Waals surface area contributed by atoms with Gasteiger partial charge in [0.05, 0.1) is 79.5 Å². The summed E-state index contributed by atoms with van der Waals surface area (Å²) in [6.07, 6.45) is 6.77. The molecule has 5 N–H and O–H groups in total. The maximum atomic E-state index is 13.8. The lowest BCUT2D eigenvalue weighted by Crippen LogP contribution is -2.51. The summed E-state index contributed by atoms with van der Waals surface area (Å²) in [6, 6.07) is 23.0. The van der Waals surface area contributed by atoms with Crippen molar-refractivity contribution in [2.75, 3.05) is 51.4 Å². The predicted molar refractivity (Wildman–Crippen MR) is 264 cm³/mol. The van der Waals surface area contributed by atoms with Crippen LogP contribution >= 0.6 is 0 Å². The molecular formula is C52H61N11O7. The fourth-order valence-electron chi connectivity index (χ4n) is 9.93. The van der Waals surface area contributed by atoms with Gasteiger partial charge in [-0.25, -0.2) is 24.5 Å². The number of aromatic nitrogens is 6. The minimum Gasteiger partial charge on any atom is -0.465 e. The Kier molecular flexibility index (Phi) is 14.0. The average Bonchev–Trinajstić information content (AvgIpc) is 4.24. The number of likely N-dealkylation sites (tertiary alicyclic amines) is 2. The van der Waals surface area contributed by atoms with Gasteiger partial charge in [-0.1, -0.05) is 76.2 Å². The summed E-state index contributed by atoms with van der Waals surface area (Å²) in [6.45, 7) is 11.5. The van der Waals surface area contributed by atoms with Crippen LogP contribution in [0.5, 0.6) is 0 Å². The lowest BCUT2D eigenvalue weighted by Gasteiger charge is -2.30. The number of morpholine rings is 1. The number of H-pyrrole nitrogens is 2. The van der Waals surface area contributed by atoms with Gasteiger partial charge in [0.2, 0.25) is 11.8 Å². The summed E-state index contributed by atoms with van der Waals surface area (Å²) < 4.78 is 12.6. The van der Waals surface area contributed by atoms with Gasteiger partial charge < -0.3 is 54.4 Å². The first-order chi connectivity index (χ1) is 33.9. The van der Waals surface area contributed by atoms with Crippen LogP contribution in [0.3, 0.4) is 0 Å². The van der Waals surface area contributed by atoms with Crippen LogP contribution in [-0.4, -0.2) is 127 Å². The van der Waals surface area contributed by atoms with E-state index in [1.54, 1.807) is 11.1 Å². The van der Waals surface area contributed by atoms with Crippen molar-refractivity contribution in [1.29, 1.82) is 0 Å². The van der Waals surface area contributed by atoms with Crippen LogP contribution in [0.1, 0.15) is 77.1 Å². The van der Waals surface area contributed by atoms with Crippen molar-refractivity contribution >= 4 is 29.8 Å². The van der Waals surface area contributed by atoms with Crippen LogP contribution in [0.25, 0.3) is 50.7 Å². The van der Waals surface area contributed by atoms with E-state index in [-0.39, 0.29) is 35.7 Å². The lowest BCUT2D eigenvalue weighted by atomic mass is 10.0. The van der Waals surface area contributed by atoms with Crippen LogP contribution in [0.4, 0.5) is 15.4 Å². The molecule has 0 saturated carbocycles. The smallest absolute Gasteiger partial charge is 0.407 e. The topological polar surface area (TPSA) is 216 Å². The summed E-state index contributed by atoms with van der Waals surface area (Å²) in [5, 5.41) is 14.5. The number of alkyl carbamates (subject to hydrolysis) is 1. The molecule has 0 unspecified atom stereocenters. The van der Waals surface area contributed by atoms with E-state index in [0.29, 0.717) is 38.0 Å². The molecule has 0 radical (unpaired) electrons. The number of rotatable bonds is 14. The number of amides is 4. The fraction of sp³-hybridized carbons (Fsp3) is 0.404. The van der Waals surface area contributed by atoms with E-state index < -0.39 is 24.3 Å². The number of nitrogens with one attached hydrogen (secondary N) is 4. The number of methoxy groups -OCH3 is 1. The van der Waals surface area contributed by atoms with Gasteiger partial charge in [-0.15, -0.1) is 0 Å². The predicted octanol–water partition coefficient (Wildman–Crippen LogP) is 7.82. The molecule has 4 aromatic heterocycles. The highest BCUT2D eigenvalue weighted by Crippen LogP contribution is 2.37. The standard InChI is InChI=1S/C52H61N11O7/c1-31(2)45(58-51(66)67)49(64)61-22-6-8-42(61)47-54-29-38(56-47)33-10-14-35(15-11-33)40-19-20-41(63(40)37-18-21-44(53-28-37)60-24-26-70-27-25-60)36-16-12-34(13-17-36)39-30-55-48(57-39)43-9-7-23-62(43)50(65)46(32(3)4)59-52(68)69-5/h10-21,28-32,42-43,45-46,58H,6-9,22-27H2,1-5H3,(H,54,56)(H,55,57)(H,59,68)(H,66,67)/t42-,43-,45-,46-/m0/s1. The van der Waals surface area contributed by atoms with E-state index >= 15 is 0 Å². The first-order valence-corrected chi connectivity index (χ1v) is 24.2. The third-order valence-electron chi connectivity index (χ3n) is 13.7. The van der Waals surface area contributed by atoms with Crippen molar-refractivity contribution in [2.24, 2.45) is 11.8 Å². The van der Waals surface area contributed by atoms with E-state index in [4.69, 9.17) is 24.4 Å². The molecule has 18 heteroatoms. The molecule has 4 atom stereocenters. The Balaban J connectivity index is 0.971. The molecule has 6 aromatic rings. The fourth-order valence-corrected chi connectivity index (χ4v) is 9.93. The number of hydrogen-bond acceptors (Lipinski definition) is 10. The van der Waals surface area contributed by atoms with Gasteiger partial charge in [0.25, 0.3) is 0 Å². The number of hydrogen-bond donors (Lipinski definition) is 5. The number of aromatic amines is 2. The van der Waals surface area contributed by atoms with Crippen LogP contribution in [0.15, 0.2) is 91.4 Å². The van der Waals surface area contributed by atoms with E-state index in [2.05, 4.69) is 103 Å². The molecule has 3 aliphatic rings. The molecule has 4 amide bonds. The van der Waals surface area contributed by atoms with Gasteiger partial charge >= 0.3 is 12.2 Å². The van der Waals surface area contributed by atoms with Crippen LogP contribution in [-0.2, 0) is 19.1 Å². The second-order valence-corrected chi connectivity index (χ2v) is 18.8. The molecule has 18 nitrogen and oxygen atoms in total. The molecule has 3 saturated heterocycles. The third kappa shape index (κ3) is 9.86. The van der Waals surface area contributed by atoms with E-state index in [9.17, 15) is 24.3 Å². The molecule has 2 aromatic carbocycles. The van der Waals surface area contributed by atoms with Gasteiger partial charge in [-0.3, -0.25) is 9.59 Å². The van der Waals surface area contributed by atoms with Crippen LogP contribution in [0.2, 0.25) is 0 Å². The highest BCUT2D eigenvalue weighted by molar-refractivity contribution is 5.87. The van der Waals surface area contributed by atoms with E-state index in [1.807, 2.05) is 45.0 Å². The zero-order valence-corrected chi connectivity index (χ0v) is 40.2. The summed E-state index contributed by atoms with van der Waals surface area (Å²) in [5.41, 5.74) is 8.37. The van der Waals surface area contributed by atoms with Gasteiger partial charge in [0.1, 0.15) is 29.6 Å². The van der Waals surface area contributed by atoms with Crippen molar-refractivity contribution in [3.8, 4) is 50.7 Å². The summed E-state index contributed by atoms with van der Waals surface area (Å²) >= 11 is 0. The molecule has 3 fully saturated rings. The molecule has 366 valence electrons. The van der Waals surface area contributed by atoms with Crippen molar-refractivity contribution in [3.63, 3.8) is 0 Å². The minimum atomic E-state index is -1.22. The Labute approximate surface area is 406 Å². The number of carbonyl (C=O) groups excluding carboxylic acids is 3. The maximum absolute atomic E-state index is 13.8. The molecule has 9 rings (SSSR count). The van der Waals surface area contributed by atoms with Crippen molar-refractivity contribution in [3.05, 3.63) is 103 Å². The SMILES string of the molecule is COC(=O)N[C@H](C(=O)N1CCC[C@H]1c1ncc(-c2ccc(-c3ccc(-c4ccc(-c5cnc([C@@H]6CCCN6C(=O)[C@@H](NC(=O)O)C(C)C)[nH]5)cc4)n3-c3ccc(N4CCOCC4)nc3)cc2)[nH]1)C(C)C. The Morgan fingerprint density at radius 2 is 1.13 bits per heavy atom. The first kappa shape index (κ1) is 47.6. The maximum Gasteiger partial charge on any atom is 0.407 e. The van der Waals surface area contributed by atoms with E-state index in [0.717, 1.165) is 95.3 Å². The molecule has 0 aliphatic carbocycles. The van der Waals surface area contributed by atoms with Crippen molar-refractivity contribution in [2.45, 2.75) is 77.5 Å². The second-order valence-electron chi connectivity index (χ2n) is 18.8. The quantitative estimate of drug-likeness (QED) is 0.0709. The number of imidazole rings is 2. The highest BCUT2D eigenvalue weighted by atomic mass is 16.5. The van der Waals surface area contributed by atoms with Gasteiger partial charge in [0.15, 0.2) is 0 Å². The number of nitrogens with zero attached hydrogens (tertiary/aromatic N) is 7. The van der Waals surface area contributed by atoms with Crippen LogP contribution < -0.4 is 15.5 Å². The molecule has 70 heavy (non-hydrogen) atoms. The monoisotopic (exact) mass is 951 g/mol. The van der Waals surface area contributed by atoms with E-state index in [1.165, 1.54) is 7.11 Å². The molecular weight excluding hydrogens is 891 g/mol. The van der Waals surface area contributed by atoms with Gasteiger partial charge in [-0.05, 0) is 84.0 Å². The lowest BCUT2D eigenvalue weighted by molar-refractivity contribution is -0.136. The number of carboxylic acid groups (broad SMARTS) is 1. The minimum absolute atomic E-state index is 0.129. The number of anilines is 1. The van der Waals surface area contributed by atoms with Crippen LogP contribution in [0, 0.1) is 11.8 Å². The molecule has 0 spiro atoms. The molecule has 7 heterocycles. The zero-order valence-electron chi connectivity index (χ0n) is 40.2. The largest absolute Gasteiger partial charge is 0.465 e. The summed E-state index contributed by atoms with van der Waals surface area (Å²) in [4.78, 5) is 78.1. The Morgan fingerprint density at radius 3 is 1.57 bits per heavy atom. The van der Waals surface area contributed by atoms with Crippen molar-refractivity contribution < 1.29 is 33.8 Å². The van der Waals surface area contributed by atoms with Crippen molar-refractivity contribution in [1.82, 2.24) is 49.9 Å². The molecule has 0 bridgehead atoms. The first-order valence-electron chi connectivity index (χ1n) is 24.2. The van der Waals surface area contributed by atoms with Gasteiger partial charge in [-0.2, -0.15) is 0 Å². The normalized spacial score (nSPS) is 18.1. The Hall–Kier alpha value is -7.47. The Bertz CT molecular complexity index is 2790.